The summed E-state index contributed by atoms with van der Waals surface area (Å²) in [7, 11) is -2.50. The highest BCUT2D eigenvalue weighted by Gasteiger charge is 2.20. The maximum absolute atomic E-state index is 12.4. The molecule has 0 radical (unpaired) electrons. The highest BCUT2D eigenvalue weighted by Crippen LogP contribution is 2.16. The van der Waals surface area contributed by atoms with Gasteiger partial charge in [-0.3, -0.25) is 4.31 Å². The first-order valence-electron chi connectivity index (χ1n) is 5.87. The number of nitrogens with zero attached hydrogens (tertiary/aromatic N) is 1. The molecule has 1 rings (SSSR count). The van der Waals surface area contributed by atoms with Crippen molar-refractivity contribution in [3.8, 4) is 0 Å². The van der Waals surface area contributed by atoms with Crippen molar-refractivity contribution in [1.82, 2.24) is 4.31 Å². The molecule has 0 aliphatic heterocycles. The number of hydrogen-bond donors (Lipinski definition) is 0. The molecular formula is C14H17NO4S. The van der Waals surface area contributed by atoms with Gasteiger partial charge >= 0.3 is 5.97 Å². The van der Waals surface area contributed by atoms with Crippen molar-refractivity contribution in [2.45, 2.75) is 11.8 Å². The van der Waals surface area contributed by atoms with Gasteiger partial charge < -0.3 is 4.74 Å². The Kier molecular flexibility index (Phi) is 5.52. The fourth-order valence-corrected chi connectivity index (χ4v) is 2.70. The van der Waals surface area contributed by atoms with Crippen LogP contribution in [-0.2, 0) is 19.6 Å². The van der Waals surface area contributed by atoms with E-state index in [1.54, 1.807) is 12.1 Å². The third-order valence-corrected chi connectivity index (χ3v) is 4.27. The van der Waals surface area contributed by atoms with Crippen LogP contribution in [0.1, 0.15) is 5.56 Å². The van der Waals surface area contributed by atoms with Crippen LogP contribution >= 0.6 is 0 Å². The van der Waals surface area contributed by atoms with E-state index in [2.05, 4.69) is 11.3 Å². The molecule has 0 atom stereocenters. The van der Waals surface area contributed by atoms with Gasteiger partial charge in [0, 0.05) is 12.3 Å². The van der Waals surface area contributed by atoms with Crippen LogP contribution in [0.2, 0.25) is 0 Å². The molecule has 0 heterocycles. The van der Waals surface area contributed by atoms with Crippen LogP contribution in [-0.4, -0.2) is 32.3 Å². The fourth-order valence-electron chi connectivity index (χ4n) is 1.42. The van der Waals surface area contributed by atoms with E-state index in [1.807, 2.05) is 6.92 Å². The second kappa shape index (κ2) is 6.91. The van der Waals surface area contributed by atoms with Crippen LogP contribution in [0.4, 0.5) is 0 Å². The number of sulfonamides is 1. The molecule has 0 spiro atoms. The Morgan fingerprint density at radius 1 is 1.35 bits per heavy atom. The number of carbonyl (C=O) groups excluding carboxylic acids is 1. The minimum Gasteiger partial charge on any atom is -0.466 e. The number of aryl methyl sites for hydroxylation is 1. The van der Waals surface area contributed by atoms with E-state index < -0.39 is 16.0 Å². The van der Waals surface area contributed by atoms with E-state index in [4.69, 9.17) is 0 Å². The van der Waals surface area contributed by atoms with Crippen LogP contribution in [0.3, 0.4) is 0 Å². The lowest BCUT2D eigenvalue weighted by molar-refractivity contribution is -0.134. The molecule has 0 aromatic heterocycles. The predicted molar refractivity (Wildman–Crippen MR) is 76.4 cm³/mol. The van der Waals surface area contributed by atoms with E-state index in [1.165, 1.54) is 31.5 Å². The molecule has 1 aromatic rings. The van der Waals surface area contributed by atoms with Crippen molar-refractivity contribution < 1.29 is 17.9 Å². The van der Waals surface area contributed by atoms with Crippen molar-refractivity contribution >= 4 is 16.0 Å². The highest BCUT2D eigenvalue weighted by atomic mass is 32.2. The average Bonchev–Trinajstić information content (AvgIpc) is 2.43. The van der Waals surface area contributed by atoms with Crippen LogP contribution in [0, 0.1) is 6.92 Å². The normalized spacial score (nSPS) is 11.3. The molecule has 5 nitrogen and oxygen atoms in total. The molecule has 0 saturated carbocycles. The largest absolute Gasteiger partial charge is 0.466 e. The van der Waals surface area contributed by atoms with Gasteiger partial charge in [-0.2, -0.15) is 0 Å². The van der Waals surface area contributed by atoms with Gasteiger partial charge in [-0.1, -0.05) is 23.8 Å². The van der Waals surface area contributed by atoms with E-state index in [-0.39, 0.29) is 11.4 Å². The minimum atomic E-state index is -3.72. The average molecular weight is 295 g/mol. The summed E-state index contributed by atoms with van der Waals surface area (Å²) in [5.41, 5.74) is 0.962. The Morgan fingerprint density at radius 3 is 2.45 bits per heavy atom. The Bertz CT molecular complexity index is 603. The number of carbonyl (C=O) groups is 1. The number of benzene rings is 1. The van der Waals surface area contributed by atoms with E-state index >= 15 is 0 Å². The van der Waals surface area contributed by atoms with Crippen LogP contribution in [0.5, 0.6) is 0 Å². The maximum Gasteiger partial charge on any atom is 0.331 e. The quantitative estimate of drug-likeness (QED) is 0.456. The summed E-state index contributed by atoms with van der Waals surface area (Å²) in [5.74, 6) is -0.627. The number of hydrogen-bond acceptors (Lipinski definition) is 4. The first-order valence-corrected chi connectivity index (χ1v) is 7.31. The molecular weight excluding hydrogens is 278 g/mol. The molecule has 0 aliphatic carbocycles. The van der Waals surface area contributed by atoms with Crippen molar-refractivity contribution in [3.05, 3.63) is 54.8 Å². The molecule has 0 unspecified atom stereocenters. The van der Waals surface area contributed by atoms with Crippen LogP contribution in [0.25, 0.3) is 0 Å². The molecule has 0 amide bonds. The summed E-state index contributed by atoms with van der Waals surface area (Å²) in [6.07, 6.45) is 3.66. The molecule has 108 valence electrons. The van der Waals surface area contributed by atoms with Gasteiger partial charge in [-0.25, -0.2) is 13.2 Å². The number of esters is 1. The van der Waals surface area contributed by atoms with Crippen molar-refractivity contribution in [1.29, 1.82) is 0 Å². The zero-order chi connectivity index (χ0) is 15.2. The van der Waals surface area contributed by atoms with Gasteiger partial charge in [0.1, 0.15) is 0 Å². The maximum atomic E-state index is 12.4. The topological polar surface area (TPSA) is 63.7 Å². The molecule has 0 fully saturated rings. The zero-order valence-corrected chi connectivity index (χ0v) is 12.3. The first kappa shape index (κ1) is 16.0. The Balaban J connectivity index is 3.12. The standard InChI is InChI=1S/C14H17NO4S/c1-4-10-15(11-9-14(16)19-3)20(17,18)13-7-5-12(2)6-8-13/h4-9,11H,1,10H2,2-3H3/b11-9+. The molecule has 0 N–H and O–H groups in total. The second-order valence-corrected chi connectivity index (χ2v) is 5.91. The SMILES string of the molecule is C=CCN(/C=C/C(=O)OC)S(=O)(=O)c1ccc(C)cc1. The van der Waals surface area contributed by atoms with Crippen LogP contribution in [0.15, 0.2) is 54.1 Å². The summed E-state index contributed by atoms with van der Waals surface area (Å²) < 4.78 is 30.3. The van der Waals surface area contributed by atoms with Crippen molar-refractivity contribution in [3.63, 3.8) is 0 Å². The highest BCUT2D eigenvalue weighted by molar-refractivity contribution is 7.89. The molecule has 6 heteroatoms. The Labute approximate surface area is 119 Å². The van der Waals surface area contributed by atoms with Gasteiger partial charge in [-0.15, -0.1) is 6.58 Å². The molecule has 0 bridgehead atoms. The zero-order valence-electron chi connectivity index (χ0n) is 11.4. The lowest BCUT2D eigenvalue weighted by Crippen LogP contribution is -2.26. The third kappa shape index (κ3) is 3.96. The van der Waals surface area contributed by atoms with Crippen LogP contribution < -0.4 is 0 Å². The number of methoxy groups -OCH3 is 1. The number of ether oxygens (including phenoxy) is 1. The lowest BCUT2D eigenvalue weighted by Gasteiger charge is -2.18. The van der Waals surface area contributed by atoms with Gasteiger partial charge in [-0.05, 0) is 19.1 Å². The van der Waals surface area contributed by atoms with Gasteiger partial charge in [0.05, 0.1) is 18.6 Å². The molecule has 1 aromatic carbocycles. The summed E-state index contributed by atoms with van der Waals surface area (Å²) in [5, 5.41) is 0. The summed E-state index contributed by atoms with van der Waals surface area (Å²) in [6.45, 7) is 5.44. The predicted octanol–water partition coefficient (Wildman–Crippen LogP) is 1.86. The molecule has 20 heavy (non-hydrogen) atoms. The summed E-state index contributed by atoms with van der Waals surface area (Å²) in [6, 6.07) is 6.46. The summed E-state index contributed by atoms with van der Waals surface area (Å²) in [4.78, 5) is 11.2. The van der Waals surface area contributed by atoms with Gasteiger partial charge in [0.15, 0.2) is 0 Å². The fraction of sp³-hybridized carbons (Fsp3) is 0.214. The third-order valence-electron chi connectivity index (χ3n) is 2.51. The smallest absolute Gasteiger partial charge is 0.331 e. The monoisotopic (exact) mass is 295 g/mol. The molecule has 0 aliphatic rings. The van der Waals surface area contributed by atoms with E-state index in [0.717, 1.165) is 15.9 Å². The Hall–Kier alpha value is -2.08. The van der Waals surface area contributed by atoms with Gasteiger partial charge in [0.25, 0.3) is 10.0 Å². The van der Waals surface area contributed by atoms with Gasteiger partial charge in [0.2, 0.25) is 0 Å². The Morgan fingerprint density at radius 2 is 1.95 bits per heavy atom. The van der Waals surface area contributed by atoms with Crippen molar-refractivity contribution in [2.75, 3.05) is 13.7 Å². The van der Waals surface area contributed by atoms with E-state index in [0.29, 0.717) is 0 Å². The summed E-state index contributed by atoms with van der Waals surface area (Å²) >= 11 is 0. The first-order chi connectivity index (χ1) is 9.41. The van der Waals surface area contributed by atoms with Crippen molar-refractivity contribution in [2.24, 2.45) is 0 Å². The lowest BCUT2D eigenvalue weighted by atomic mass is 10.2. The molecule has 0 saturated heterocycles. The number of rotatable bonds is 6. The minimum absolute atomic E-state index is 0.0592. The second-order valence-electron chi connectivity index (χ2n) is 4.02. The van der Waals surface area contributed by atoms with E-state index in [9.17, 15) is 13.2 Å².